The standard InChI is InChI=1S/C17H22N4/c1-4-15-10-16(20-17(18-3)19-15)21-11-14-8-6-5-7-13(14)9-12(21)2/h5-8,10,12H,4,9,11H2,1-3H3,(H,18,19,20)/t12-/m1/s1. The number of fused-ring (bicyclic) bond motifs is 1. The molecular formula is C17H22N4. The molecule has 0 aliphatic carbocycles. The Morgan fingerprint density at radius 1 is 1.24 bits per heavy atom. The number of nitrogens with one attached hydrogen (secondary N) is 1. The minimum absolute atomic E-state index is 0.448. The number of anilines is 2. The molecule has 0 saturated heterocycles. The molecule has 2 heterocycles. The van der Waals surface area contributed by atoms with Gasteiger partial charge in [0.15, 0.2) is 0 Å². The van der Waals surface area contributed by atoms with E-state index in [2.05, 4.69) is 64.4 Å². The summed E-state index contributed by atoms with van der Waals surface area (Å²) in [7, 11) is 1.87. The van der Waals surface area contributed by atoms with Crippen LogP contribution in [0.3, 0.4) is 0 Å². The van der Waals surface area contributed by atoms with E-state index in [1.54, 1.807) is 0 Å². The number of rotatable bonds is 3. The molecular weight excluding hydrogens is 260 g/mol. The third kappa shape index (κ3) is 2.71. The number of nitrogens with zero attached hydrogens (tertiary/aromatic N) is 3. The predicted molar refractivity (Wildman–Crippen MR) is 86.7 cm³/mol. The smallest absolute Gasteiger partial charge is 0.224 e. The van der Waals surface area contributed by atoms with Crippen molar-refractivity contribution in [1.29, 1.82) is 0 Å². The number of aromatic nitrogens is 2. The van der Waals surface area contributed by atoms with Gasteiger partial charge in [-0.25, -0.2) is 4.98 Å². The van der Waals surface area contributed by atoms with Gasteiger partial charge in [0.2, 0.25) is 5.95 Å². The minimum Gasteiger partial charge on any atom is -0.357 e. The second kappa shape index (κ2) is 5.72. The molecule has 1 aliphatic heterocycles. The molecule has 1 aromatic carbocycles. The fourth-order valence-corrected chi connectivity index (χ4v) is 2.91. The highest BCUT2D eigenvalue weighted by Gasteiger charge is 2.24. The van der Waals surface area contributed by atoms with Crippen LogP contribution in [0.4, 0.5) is 11.8 Å². The van der Waals surface area contributed by atoms with Crippen LogP contribution in [0.1, 0.15) is 30.7 Å². The second-order valence-electron chi connectivity index (χ2n) is 5.59. The van der Waals surface area contributed by atoms with Gasteiger partial charge < -0.3 is 10.2 Å². The van der Waals surface area contributed by atoms with Gasteiger partial charge in [0, 0.05) is 31.4 Å². The van der Waals surface area contributed by atoms with Crippen LogP contribution in [-0.4, -0.2) is 23.1 Å². The Morgan fingerprint density at radius 3 is 2.71 bits per heavy atom. The van der Waals surface area contributed by atoms with E-state index in [4.69, 9.17) is 0 Å². The van der Waals surface area contributed by atoms with Crippen molar-refractivity contribution in [3.05, 3.63) is 47.2 Å². The number of hydrogen-bond acceptors (Lipinski definition) is 4. The Morgan fingerprint density at radius 2 is 2.00 bits per heavy atom. The average molecular weight is 282 g/mol. The highest BCUT2D eigenvalue weighted by Crippen LogP contribution is 2.28. The van der Waals surface area contributed by atoms with Crippen molar-refractivity contribution in [3.63, 3.8) is 0 Å². The quantitative estimate of drug-likeness (QED) is 0.939. The second-order valence-corrected chi connectivity index (χ2v) is 5.59. The van der Waals surface area contributed by atoms with Crippen molar-refractivity contribution >= 4 is 11.8 Å². The van der Waals surface area contributed by atoms with Crippen molar-refractivity contribution in [3.8, 4) is 0 Å². The van der Waals surface area contributed by atoms with Gasteiger partial charge in [0.25, 0.3) is 0 Å². The van der Waals surface area contributed by atoms with E-state index < -0.39 is 0 Å². The average Bonchev–Trinajstić information content (AvgIpc) is 2.53. The largest absolute Gasteiger partial charge is 0.357 e. The van der Waals surface area contributed by atoms with Crippen molar-refractivity contribution in [1.82, 2.24) is 9.97 Å². The SMILES string of the molecule is CCc1cc(N2Cc3ccccc3C[C@H]2C)nc(NC)n1. The maximum absolute atomic E-state index is 4.65. The van der Waals surface area contributed by atoms with Crippen molar-refractivity contribution in [2.75, 3.05) is 17.3 Å². The van der Waals surface area contributed by atoms with Crippen LogP contribution in [0, 0.1) is 0 Å². The molecule has 110 valence electrons. The van der Waals surface area contributed by atoms with Crippen LogP contribution in [0.2, 0.25) is 0 Å². The van der Waals surface area contributed by atoms with E-state index in [-0.39, 0.29) is 0 Å². The van der Waals surface area contributed by atoms with Crippen LogP contribution in [0.25, 0.3) is 0 Å². The zero-order valence-corrected chi connectivity index (χ0v) is 12.9. The minimum atomic E-state index is 0.448. The summed E-state index contributed by atoms with van der Waals surface area (Å²) in [5.74, 6) is 1.73. The van der Waals surface area contributed by atoms with Gasteiger partial charge in [-0.2, -0.15) is 4.98 Å². The van der Waals surface area contributed by atoms with Gasteiger partial charge in [-0.1, -0.05) is 31.2 Å². The fraction of sp³-hybridized carbons (Fsp3) is 0.412. The molecule has 1 aliphatic rings. The lowest BCUT2D eigenvalue weighted by atomic mass is 9.95. The highest BCUT2D eigenvalue weighted by molar-refractivity contribution is 5.49. The molecule has 0 spiro atoms. The summed E-state index contributed by atoms with van der Waals surface area (Å²) >= 11 is 0. The van der Waals surface area contributed by atoms with Gasteiger partial charge in [-0.15, -0.1) is 0 Å². The summed E-state index contributed by atoms with van der Waals surface area (Å²) in [4.78, 5) is 11.5. The molecule has 3 rings (SSSR count). The molecule has 1 aromatic heterocycles. The van der Waals surface area contributed by atoms with Crippen LogP contribution < -0.4 is 10.2 Å². The third-order valence-electron chi connectivity index (χ3n) is 4.15. The lowest BCUT2D eigenvalue weighted by Gasteiger charge is -2.36. The Bertz CT molecular complexity index is 616. The van der Waals surface area contributed by atoms with Crippen LogP contribution in [0.5, 0.6) is 0 Å². The lowest BCUT2D eigenvalue weighted by molar-refractivity contribution is 0.586. The summed E-state index contributed by atoms with van der Waals surface area (Å²) in [5, 5.41) is 3.07. The van der Waals surface area contributed by atoms with Gasteiger partial charge >= 0.3 is 0 Å². The van der Waals surface area contributed by atoms with E-state index >= 15 is 0 Å². The Kier molecular flexibility index (Phi) is 3.78. The summed E-state index contributed by atoms with van der Waals surface area (Å²) in [5.41, 5.74) is 3.94. The zero-order chi connectivity index (χ0) is 14.8. The van der Waals surface area contributed by atoms with Gasteiger partial charge in [0.05, 0.1) is 0 Å². The van der Waals surface area contributed by atoms with E-state index in [1.807, 2.05) is 7.05 Å². The first-order valence-electron chi connectivity index (χ1n) is 7.60. The third-order valence-corrected chi connectivity index (χ3v) is 4.15. The molecule has 4 heteroatoms. The molecule has 0 saturated carbocycles. The lowest BCUT2D eigenvalue weighted by Crippen LogP contribution is -2.39. The van der Waals surface area contributed by atoms with Crippen LogP contribution >= 0.6 is 0 Å². The van der Waals surface area contributed by atoms with Crippen molar-refractivity contribution in [2.45, 2.75) is 39.3 Å². The van der Waals surface area contributed by atoms with Gasteiger partial charge in [-0.3, -0.25) is 0 Å². The molecule has 21 heavy (non-hydrogen) atoms. The van der Waals surface area contributed by atoms with E-state index in [9.17, 15) is 0 Å². The molecule has 0 bridgehead atoms. The molecule has 1 N–H and O–H groups in total. The van der Waals surface area contributed by atoms with E-state index in [0.717, 1.165) is 30.9 Å². The summed E-state index contributed by atoms with van der Waals surface area (Å²) < 4.78 is 0. The molecule has 0 radical (unpaired) electrons. The Balaban J connectivity index is 1.97. The van der Waals surface area contributed by atoms with Gasteiger partial charge in [0.1, 0.15) is 5.82 Å². The summed E-state index contributed by atoms with van der Waals surface area (Å²) in [6.07, 6.45) is 1.99. The van der Waals surface area contributed by atoms with Crippen LogP contribution in [-0.2, 0) is 19.4 Å². The maximum Gasteiger partial charge on any atom is 0.224 e. The first-order valence-corrected chi connectivity index (χ1v) is 7.60. The van der Waals surface area contributed by atoms with E-state index in [1.165, 1.54) is 11.1 Å². The zero-order valence-electron chi connectivity index (χ0n) is 12.9. The van der Waals surface area contributed by atoms with Crippen LogP contribution in [0.15, 0.2) is 30.3 Å². The van der Waals surface area contributed by atoms with Crippen molar-refractivity contribution < 1.29 is 0 Å². The first-order chi connectivity index (χ1) is 10.2. The number of hydrogen-bond donors (Lipinski definition) is 1. The monoisotopic (exact) mass is 282 g/mol. The molecule has 4 nitrogen and oxygen atoms in total. The van der Waals surface area contributed by atoms with Crippen molar-refractivity contribution in [2.24, 2.45) is 0 Å². The number of benzene rings is 1. The summed E-state index contributed by atoms with van der Waals surface area (Å²) in [6, 6.07) is 11.3. The summed E-state index contributed by atoms with van der Waals surface area (Å²) in [6.45, 7) is 5.31. The highest BCUT2D eigenvalue weighted by atomic mass is 15.2. The first kappa shape index (κ1) is 13.9. The van der Waals surface area contributed by atoms with E-state index in [0.29, 0.717) is 12.0 Å². The Labute approximate surface area is 126 Å². The fourth-order valence-electron chi connectivity index (χ4n) is 2.91. The molecule has 0 unspecified atom stereocenters. The molecule has 0 fully saturated rings. The Hall–Kier alpha value is -2.10. The normalized spacial score (nSPS) is 17.5. The topological polar surface area (TPSA) is 41.1 Å². The maximum atomic E-state index is 4.65. The number of aryl methyl sites for hydroxylation is 1. The molecule has 1 atom stereocenters. The predicted octanol–water partition coefficient (Wildman–Crippen LogP) is 3.03. The molecule has 2 aromatic rings. The van der Waals surface area contributed by atoms with Gasteiger partial charge in [-0.05, 0) is 30.9 Å². The molecule has 0 amide bonds.